The Morgan fingerprint density at radius 1 is 1.16 bits per heavy atom. The molecule has 0 aliphatic rings. The molecular formula is C15H14Br2FN. The number of hydrogen-bond acceptors (Lipinski definition) is 1. The van der Waals surface area contributed by atoms with Crippen LogP contribution in [-0.4, -0.2) is 0 Å². The zero-order valence-electron chi connectivity index (χ0n) is 10.5. The molecule has 0 aromatic heterocycles. The molecule has 0 heterocycles. The van der Waals surface area contributed by atoms with Crippen molar-refractivity contribution < 1.29 is 4.39 Å². The Balaban J connectivity index is 2.04. The molecule has 1 N–H and O–H groups in total. The first-order valence-corrected chi connectivity index (χ1v) is 7.58. The van der Waals surface area contributed by atoms with Gasteiger partial charge in [0.25, 0.3) is 0 Å². The molecule has 0 unspecified atom stereocenters. The van der Waals surface area contributed by atoms with E-state index in [1.807, 2.05) is 18.2 Å². The van der Waals surface area contributed by atoms with Gasteiger partial charge in [-0.25, -0.2) is 4.39 Å². The average Bonchev–Trinajstić information content (AvgIpc) is 2.40. The molecule has 0 aliphatic heterocycles. The Bertz CT molecular complexity index is 572. The summed E-state index contributed by atoms with van der Waals surface area (Å²) in [7, 11) is 0. The first kappa shape index (κ1) is 14.7. The van der Waals surface area contributed by atoms with Crippen LogP contribution in [0.1, 0.15) is 24.1 Å². The Labute approximate surface area is 129 Å². The number of rotatable bonds is 4. The van der Waals surface area contributed by atoms with Gasteiger partial charge in [0.05, 0.1) is 4.47 Å². The van der Waals surface area contributed by atoms with Crippen molar-refractivity contribution in [3.8, 4) is 0 Å². The van der Waals surface area contributed by atoms with Gasteiger partial charge < -0.3 is 5.32 Å². The minimum absolute atomic E-state index is 0.202. The average molecular weight is 387 g/mol. The molecule has 2 aromatic rings. The van der Waals surface area contributed by atoms with Crippen molar-refractivity contribution in [2.45, 2.75) is 19.5 Å². The lowest BCUT2D eigenvalue weighted by Gasteiger charge is -2.15. The van der Waals surface area contributed by atoms with Crippen molar-refractivity contribution in [3.05, 3.63) is 68.4 Å². The highest BCUT2D eigenvalue weighted by Crippen LogP contribution is 2.22. The Morgan fingerprint density at radius 3 is 2.63 bits per heavy atom. The van der Waals surface area contributed by atoms with Gasteiger partial charge in [0.15, 0.2) is 0 Å². The van der Waals surface area contributed by atoms with E-state index in [0.29, 0.717) is 11.0 Å². The Hall–Kier alpha value is -0.710. The third-order valence-electron chi connectivity index (χ3n) is 2.98. The van der Waals surface area contributed by atoms with Crippen molar-refractivity contribution >= 4 is 31.9 Å². The van der Waals surface area contributed by atoms with Crippen LogP contribution in [0.15, 0.2) is 51.4 Å². The first-order chi connectivity index (χ1) is 9.08. The van der Waals surface area contributed by atoms with E-state index in [1.54, 1.807) is 6.07 Å². The van der Waals surface area contributed by atoms with Gasteiger partial charge in [-0.3, -0.25) is 0 Å². The van der Waals surface area contributed by atoms with Gasteiger partial charge in [-0.15, -0.1) is 0 Å². The van der Waals surface area contributed by atoms with Crippen LogP contribution in [0.4, 0.5) is 4.39 Å². The number of benzene rings is 2. The molecule has 0 fully saturated rings. The van der Waals surface area contributed by atoms with Crippen molar-refractivity contribution in [3.63, 3.8) is 0 Å². The van der Waals surface area contributed by atoms with Crippen LogP contribution in [0.25, 0.3) is 0 Å². The van der Waals surface area contributed by atoms with Crippen molar-refractivity contribution in [2.75, 3.05) is 0 Å². The molecule has 0 spiro atoms. The fraction of sp³-hybridized carbons (Fsp3) is 0.200. The lowest BCUT2D eigenvalue weighted by Crippen LogP contribution is -2.18. The molecule has 2 rings (SSSR count). The molecule has 0 saturated carbocycles. The summed E-state index contributed by atoms with van der Waals surface area (Å²) in [6.07, 6.45) is 0. The maximum atomic E-state index is 13.4. The van der Waals surface area contributed by atoms with Crippen LogP contribution in [0.2, 0.25) is 0 Å². The van der Waals surface area contributed by atoms with Crippen LogP contribution in [0.3, 0.4) is 0 Å². The van der Waals surface area contributed by atoms with E-state index in [4.69, 9.17) is 0 Å². The summed E-state index contributed by atoms with van der Waals surface area (Å²) in [5.41, 5.74) is 2.11. The molecule has 100 valence electrons. The lowest BCUT2D eigenvalue weighted by atomic mass is 10.1. The fourth-order valence-electron chi connectivity index (χ4n) is 1.84. The van der Waals surface area contributed by atoms with E-state index in [0.717, 1.165) is 10.0 Å². The van der Waals surface area contributed by atoms with Crippen LogP contribution in [-0.2, 0) is 6.54 Å². The first-order valence-electron chi connectivity index (χ1n) is 5.99. The van der Waals surface area contributed by atoms with Gasteiger partial charge in [0, 0.05) is 17.1 Å². The Kier molecular flexibility index (Phi) is 5.13. The normalized spacial score (nSPS) is 12.4. The zero-order valence-corrected chi connectivity index (χ0v) is 13.6. The second-order valence-electron chi connectivity index (χ2n) is 4.37. The molecule has 19 heavy (non-hydrogen) atoms. The highest BCUT2D eigenvalue weighted by molar-refractivity contribution is 9.10. The van der Waals surface area contributed by atoms with Gasteiger partial charge in [-0.2, -0.15) is 0 Å². The van der Waals surface area contributed by atoms with Gasteiger partial charge >= 0.3 is 0 Å². The van der Waals surface area contributed by atoms with Gasteiger partial charge in [0.1, 0.15) is 5.82 Å². The Morgan fingerprint density at radius 2 is 1.89 bits per heavy atom. The van der Waals surface area contributed by atoms with E-state index in [-0.39, 0.29) is 11.9 Å². The standard InChI is InChI=1S/C15H14Br2FN/c1-10(11-4-2-6-13(16)8-11)19-9-12-5-3-7-14(18)15(12)17/h2-8,10,19H,9H2,1H3/t10-/m0/s1. The minimum atomic E-state index is -0.227. The molecule has 0 radical (unpaired) electrons. The quantitative estimate of drug-likeness (QED) is 0.761. The second-order valence-corrected chi connectivity index (χ2v) is 6.08. The SMILES string of the molecule is C[C@H](NCc1cccc(F)c1Br)c1cccc(Br)c1. The third-order valence-corrected chi connectivity index (χ3v) is 4.36. The molecule has 4 heteroatoms. The summed E-state index contributed by atoms with van der Waals surface area (Å²) in [4.78, 5) is 0. The van der Waals surface area contributed by atoms with E-state index in [2.05, 4.69) is 56.2 Å². The topological polar surface area (TPSA) is 12.0 Å². The molecular weight excluding hydrogens is 373 g/mol. The summed E-state index contributed by atoms with van der Waals surface area (Å²) in [5.74, 6) is -0.227. The molecule has 1 atom stereocenters. The van der Waals surface area contributed by atoms with Gasteiger partial charge in [0.2, 0.25) is 0 Å². The molecule has 0 saturated heterocycles. The predicted octanol–water partition coefficient (Wildman–Crippen LogP) is 5.20. The van der Waals surface area contributed by atoms with E-state index in [1.165, 1.54) is 11.6 Å². The maximum absolute atomic E-state index is 13.4. The third kappa shape index (κ3) is 3.88. The molecule has 0 aliphatic carbocycles. The van der Waals surface area contributed by atoms with E-state index in [9.17, 15) is 4.39 Å². The van der Waals surface area contributed by atoms with E-state index < -0.39 is 0 Å². The molecule has 1 nitrogen and oxygen atoms in total. The highest BCUT2D eigenvalue weighted by atomic mass is 79.9. The summed E-state index contributed by atoms with van der Waals surface area (Å²) in [6.45, 7) is 2.71. The van der Waals surface area contributed by atoms with Crippen LogP contribution in [0, 0.1) is 5.82 Å². The number of hydrogen-bond donors (Lipinski definition) is 1. The summed E-state index contributed by atoms with van der Waals surface area (Å²) < 4.78 is 15.0. The van der Waals surface area contributed by atoms with Crippen molar-refractivity contribution in [1.29, 1.82) is 0 Å². The van der Waals surface area contributed by atoms with Crippen LogP contribution < -0.4 is 5.32 Å². The van der Waals surface area contributed by atoms with Crippen molar-refractivity contribution in [1.82, 2.24) is 5.32 Å². The summed E-state index contributed by atoms with van der Waals surface area (Å²) in [5, 5.41) is 3.39. The second kappa shape index (κ2) is 6.64. The fourth-order valence-corrected chi connectivity index (χ4v) is 2.66. The monoisotopic (exact) mass is 385 g/mol. The van der Waals surface area contributed by atoms with Crippen LogP contribution in [0.5, 0.6) is 0 Å². The number of halogens is 3. The van der Waals surface area contributed by atoms with Crippen molar-refractivity contribution in [2.24, 2.45) is 0 Å². The van der Waals surface area contributed by atoms with E-state index >= 15 is 0 Å². The highest BCUT2D eigenvalue weighted by Gasteiger charge is 2.08. The smallest absolute Gasteiger partial charge is 0.137 e. The maximum Gasteiger partial charge on any atom is 0.137 e. The molecule has 0 bridgehead atoms. The van der Waals surface area contributed by atoms with Gasteiger partial charge in [-0.1, -0.05) is 40.2 Å². The minimum Gasteiger partial charge on any atom is -0.306 e. The predicted molar refractivity (Wildman–Crippen MR) is 83.5 cm³/mol. The van der Waals surface area contributed by atoms with Gasteiger partial charge in [-0.05, 0) is 52.2 Å². The van der Waals surface area contributed by atoms with Crippen LogP contribution >= 0.6 is 31.9 Å². The lowest BCUT2D eigenvalue weighted by molar-refractivity contribution is 0.566. The largest absolute Gasteiger partial charge is 0.306 e. The molecule has 0 amide bonds. The number of nitrogens with one attached hydrogen (secondary N) is 1. The molecule has 2 aromatic carbocycles. The zero-order chi connectivity index (χ0) is 13.8. The summed E-state index contributed by atoms with van der Waals surface area (Å²) >= 11 is 6.74. The summed E-state index contributed by atoms with van der Waals surface area (Å²) in [6, 6.07) is 13.4.